The third-order valence-corrected chi connectivity index (χ3v) is 4.37. The zero-order chi connectivity index (χ0) is 12.6. The van der Waals surface area contributed by atoms with E-state index in [-0.39, 0.29) is 16.0 Å². The lowest BCUT2D eigenvalue weighted by atomic mass is 10.3. The fraction of sp³-hybridized carbons (Fsp3) is 0.364. The topological polar surface area (TPSA) is 60.2 Å². The summed E-state index contributed by atoms with van der Waals surface area (Å²) in [7, 11) is -3.22. The molecular formula is C11H12ClNO3S. The largest absolute Gasteiger partial charge is 0.439 e. The van der Waals surface area contributed by atoms with E-state index in [9.17, 15) is 8.42 Å². The monoisotopic (exact) mass is 273 g/mol. The Morgan fingerprint density at radius 2 is 2.18 bits per heavy atom. The average Bonchev–Trinajstić information content (AvgIpc) is 2.71. The van der Waals surface area contributed by atoms with Crippen LogP contribution < -0.4 is 0 Å². The lowest BCUT2D eigenvalue weighted by Crippen LogP contribution is -2.03. The fourth-order valence-electron chi connectivity index (χ4n) is 1.46. The van der Waals surface area contributed by atoms with Crippen molar-refractivity contribution in [3.05, 3.63) is 24.1 Å². The second kappa shape index (κ2) is 4.31. The number of hydrogen-bond acceptors (Lipinski definition) is 4. The molecule has 0 aliphatic heterocycles. The smallest absolute Gasteiger partial charge is 0.213 e. The van der Waals surface area contributed by atoms with Crippen molar-refractivity contribution in [2.24, 2.45) is 0 Å². The Kier molecular flexibility index (Phi) is 3.14. The first-order chi connectivity index (χ1) is 7.94. The van der Waals surface area contributed by atoms with Gasteiger partial charge in [-0.1, -0.05) is 6.92 Å². The zero-order valence-corrected chi connectivity index (χ0v) is 11.0. The van der Waals surface area contributed by atoms with Crippen LogP contribution in [0.1, 0.15) is 25.1 Å². The average molecular weight is 274 g/mol. The van der Waals surface area contributed by atoms with Gasteiger partial charge in [0.05, 0.1) is 10.6 Å². The number of benzene rings is 1. The summed E-state index contributed by atoms with van der Waals surface area (Å²) in [6.07, 6.45) is 0. The molecular weight excluding hydrogens is 262 g/mol. The molecule has 92 valence electrons. The van der Waals surface area contributed by atoms with Gasteiger partial charge in [0.25, 0.3) is 0 Å². The van der Waals surface area contributed by atoms with Gasteiger partial charge in [0.1, 0.15) is 10.9 Å². The van der Waals surface area contributed by atoms with E-state index < -0.39 is 9.84 Å². The summed E-state index contributed by atoms with van der Waals surface area (Å²) in [6, 6.07) is 4.64. The molecule has 17 heavy (non-hydrogen) atoms. The van der Waals surface area contributed by atoms with Crippen molar-refractivity contribution in [3.8, 4) is 0 Å². The summed E-state index contributed by atoms with van der Waals surface area (Å²) in [5.74, 6) is 0.461. The molecule has 0 unspecified atom stereocenters. The van der Waals surface area contributed by atoms with Gasteiger partial charge in [-0.2, -0.15) is 0 Å². The van der Waals surface area contributed by atoms with Crippen molar-refractivity contribution in [2.75, 3.05) is 5.75 Å². The maximum absolute atomic E-state index is 11.7. The number of rotatable bonds is 3. The number of oxazole rings is 1. The molecule has 0 radical (unpaired) electrons. The molecule has 2 aromatic rings. The molecule has 0 N–H and O–H groups in total. The van der Waals surface area contributed by atoms with E-state index in [2.05, 4.69) is 4.98 Å². The fourth-order valence-corrected chi connectivity index (χ4v) is 2.45. The molecule has 4 nitrogen and oxygen atoms in total. The van der Waals surface area contributed by atoms with Gasteiger partial charge in [-0.15, -0.1) is 11.6 Å². The molecule has 2 rings (SSSR count). The minimum absolute atomic E-state index is 0.0646. The number of halogens is 1. The molecule has 6 heteroatoms. The quantitative estimate of drug-likeness (QED) is 0.807. The van der Waals surface area contributed by atoms with E-state index >= 15 is 0 Å². The van der Waals surface area contributed by atoms with Gasteiger partial charge in [0, 0.05) is 0 Å². The summed E-state index contributed by atoms with van der Waals surface area (Å²) in [6.45, 7) is 3.35. The Morgan fingerprint density at radius 3 is 2.76 bits per heavy atom. The van der Waals surface area contributed by atoms with Gasteiger partial charge in [-0.3, -0.25) is 0 Å². The number of aromatic nitrogens is 1. The second-order valence-corrected chi connectivity index (χ2v) is 6.63. The molecule has 0 bridgehead atoms. The Bertz CT molecular complexity index is 646. The number of nitrogens with zero attached hydrogens (tertiary/aromatic N) is 1. The lowest BCUT2D eigenvalue weighted by Gasteiger charge is -1.99. The number of hydrogen-bond donors (Lipinski definition) is 0. The lowest BCUT2D eigenvalue weighted by molar-refractivity contribution is 0.531. The summed E-state index contributed by atoms with van der Waals surface area (Å²) in [5, 5.41) is -0.339. The Morgan fingerprint density at radius 1 is 1.47 bits per heavy atom. The maximum Gasteiger partial charge on any atom is 0.213 e. The molecule has 1 aromatic heterocycles. The highest BCUT2D eigenvalue weighted by Gasteiger charge is 2.15. The van der Waals surface area contributed by atoms with Gasteiger partial charge in [-0.05, 0) is 25.1 Å². The highest BCUT2D eigenvalue weighted by Crippen LogP contribution is 2.25. The van der Waals surface area contributed by atoms with Crippen LogP contribution in [-0.2, 0) is 9.84 Å². The van der Waals surface area contributed by atoms with Crippen LogP contribution in [0.5, 0.6) is 0 Å². The first kappa shape index (κ1) is 12.4. The van der Waals surface area contributed by atoms with E-state index in [1.54, 1.807) is 19.9 Å². The van der Waals surface area contributed by atoms with E-state index in [1.165, 1.54) is 12.1 Å². The third-order valence-electron chi connectivity index (χ3n) is 2.46. The molecule has 0 aliphatic rings. The molecule has 0 spiro atoms. The Balaban J connectivity index is 2.58. The van der Waals surface area contributed by atoms with Crippen LogP contribution in [0.15, 0.2) is 27.5 Å². The van der Waals surface area contributed by atoms with Crippen LogP contribution in [0.2, 0.25) is 0 Å². The zero-order valence-electron chi connectivity index (χ0n) is 9.47. The van der Waals surface area contributed by atoms with Gasteiger partial charge in [-0.25, -0.2) is 13.4 Å². The van der Waals surface area contributed by atoms with Crippen LogP contribution in [0.4, 0.5) is 0 Å². The number of sulfone groups is 1. The number of alkyl halides is 1. The van der Waals surface area contributed by atoms with Crippen molar-refractivity contribution >= 4 is 32.5 Å². The summed E-state index contributed by atoms with van der Waals surface area (Å²) >= 11 is 5.86. The predicted octanol–water partition coefficient (Wildman–Crippen LogP) is 2.92. The first-order valence-corrected chi connectivity index (χ1v) is 7.30. The molecule has 0 fully saturated rings. The van der Waals surface area contributed by atoms with Crippen molar-refractivity contribution in [3.63, 3.8) is 0 Å². The molecule has 0 saturated heterocycles. The molecule has 0 aliphatic carbocycles. The minimum Gasteiger partial charge on any atom is -0.439 e. The van der Waals surface area contributed by atoms with E-state index in [0.717, 1.165) is 0 Å². The SMILES string of the molecule is CCS(=O)(=O)c1ccc2oc([C@H](C)Cl)nc2c1. The van der Waals surface area contributed by atoms with Crippen LogP contribution >= 0.6 is 11.6 Å². The van der Waals surface area contributed by atoms with Crippen molar-refractivity contribution in [1.82, 2.24) is 4.98 Å². The van der Waals surface area contributed by atoms with Crippen LogP contribution in [0.25, 0.3) is 11.1 Å². The van der Waals surface area contributed by atoms with Crippen LogP contribution in [0, 0.1) is 0 Å². The van der Waals surface area contributed by atoms with Crippen LogP contribution in [0.3, 0.4) is 0 Å². The van der Waals surface area contributed by atoms with Crippen molar-refractivity contribution < 1.29 is 12.8 Å². The Hall–Kier alpha value is -1.07. The molecule has 1 atom stereocenters. The molecule has 0 saturated carbocycles. The van der Waals surface area contributed by atoms with Gasteiger partial charge < -0.3 is 4.42 Å². The highest BCUT2D eigenvalue weighted by molar-refractivity contribution is 7.91. The predicted molar refractivity (Wildman–Crippen MR) is 66.0 cm³/mol. The Labute approximate surface area is 105 Å². The van der Waals surface area contributed by atoms with E-state index in [4.69, 9.17) is 16.0 Å². The van der Waals surface area contributed by atoms with Crippen molar-refractivity contribution in [1.29, 1.82) is 0 Å². The van der Waals surface area contributed by atoms with Crippen LogP contribution in [-0.4, -0.2) is 19.2 Å². The minimum atomic E-state index is -3.22. The normalized spacial score (nSPS) is 14.1. The first-order valence-electron chi connectivity index (χ1n) is 5.21. The van der Waals surface area contributed by atoms with E-state index in [0.29, 0.717) is 17.0 Å². The van der Waals surface area contributed by atoms with Gasteiger partial charge in [0.2, 0.25) is 5.89 Å². The molecule has 1 heterocycles. The highest BCUT2D eigenvalue weighted by atomic mass is 35.5. The van der Waals surface area contributed by atoms with Gasteiger partial charge >= 0.3 is 0 Å². The van der Waals surface area contributed by atoms with Crippen molar-refractivity contribution in [2.45, 2.75) is 24.1 Å². The third kappa shape index (κ3) is 2.30. The van der Waals surface area contributed by atoms with Gasteiger partial charge in [0.15, 0.2) is 15.4 Å². The molecule has 1 aromatic carbocycles. The summed E-state index contributed by atoms with van der Waals surface area (Å²) in [4.78, 5) is 4.42. The number of fused-ring (bicyclic) bond motifs is 1. The maximum atomic E-state index is 11.7. The van der Waals surface area contributed by atoms with E-state index in [1.807, 2.05) is 0 Å². The molecule has 0 amide bonds. The summed E-state index contributed by atoms with van der Waals surface area (Å²) < 4.78 is 28.8. The second-order valence-electron chi connectivity index (χ2n) is 3.70. The summed E-state index contributed by atoms with van der Waals surface area (Å²) in [5.41, 5.74) is 1.06. The standard InChI is InChI=1S/C11H12ClNO3S/c1-3-17(14,15)8-4-5-10-9(6-8)13-11(16-10)7(2)12/h4-7H,3H2,1-2H3/t7-/m0/s1.